The Morgan fingerprint density at radius 1 is 0.696 bits per heavy atom. The molecule has 0 heterocycles. The number of ether oxygens (including phenoxy) is 1. The van der Waals surface area contributed by atoms with Crippen LogP contribution in [0, 0.1) is 0 Å². The zero-order valence-corrected chi connectivity index (χ0v) is 15.8. The van der Waals surface area contributed by atoms with Crippen molar-refractivity contribution in [3.05, 3.63) is 0 Å². The van der Waals surface area contributed by atoms with E-state index in [0.717, 1.165) is 12.8 Å². The van der Waals surface area contributed by atoms with Gasteiger partial charge in [-0.1, -0.05) is 77.6 Å². The van der Waals surface area contributed by atoms with Crippen molar-refractivity contribution < 1.29 is 9.53 Å². The maximum atomic E-state index is 10.9. The van der Waals surface area contributed by atoms with Gasteiger partial charge in [0.05, 0.1) is 7.11 Å². The second-order valence-electron chi connectivity index (χ2n) is 6.67. The Bertz CT molecular complexity index is 244. The molecule has 0 aliphatic carbocycles. The van der Waals surface area contributed by atoms with Gasteiger partial charge >= 0.3 is 5.97 Å². The van der Waals surface area contributed by atoms with Crippen LogP contribution in [0.5, 0.6) is 0 Å². The number of rotatable bonds is 18. The highest BCUT2D eigenvalue weighted by Gasteiger charge is 1.99. The highest BCUT2D eigenvalue weighted by molar-refractivity contribution is 5.68. The average molecular weight is 328 g/mol. The summed E-state index contributed by atoms with van der Waals surface area (Å²) in [5.74, 6) is -0.0709. The molecule has 0 atom stereocenters. The van der Waals surface area contributed by atoms with E-state index in [-0.39, 0.29) is 5.97 Å². The molecule has 0 rings (SSSR count). The summed E-state index contributed by atoms with van der Waals surface area (Å²) in [7, 11) is 1.46. The lowest BCUT2D eigenvalue weighted by Crippen LogP contribution is -2.16. The molecule has 1 N–H and O–H groups in total. The fourth-order valence-corrected chi connectivity index (χ4v) is 2.84. The van der Waals surface area contributed by atoms with Gasteiger partial charge < -0.3 is 10.1 Å². The first-order valence-corrected chi connectivity index (χ1v) is 10.1. The smallest absolute Gasteiger partial charge is 0.305 e. The number of carbonyl (C=O) groups is 1. The van der Waals surface area contributed by atoms with Gasteiger partial charge in [-0.2, -0.15) is 0 Å². The van der Waals surface area contributed by atoms with Crippen LogP contribution in [-0.4, -0.2) is 26.2 Å². The van der Waals surface area contributed by atoms with Crippen LogP contribution in [0.15, 0.2) is 0 Å². The summed E-state index contributed by atoms with van der Waals surface area (Å²) >= 11 is 0. The molecule has 138 valence electrons. The SMILES string of the molecule is CCCCCCCCNCCCCCCCCCCC(=O)OC. The van der Waals surface area contributed by atoms with E-state index in [2.05, 4.69) is 17.0 Å². The molecule has 0 aromatic heterocycles. The van der Waals surface area contributed by atoms with Crippen LogP contribution < -0.4 is 5.32 Å². The maximum absolute atomic E-state index is 10.9. The zero-order valence-electron chi connectivity index (χ0n) is 15.8. The molecule has 0 aromatic rings. The summed E-state index contributed by atoms with van der Waals surface area (Å²) in [4.78, 5) is 10.9. The minimum Gasteiger partial charge on any atom is -0.469 e. The van der Waals surface area contributed by atoms with Gasteiger partial charge in [0.2, 0.25) is 0 Å². The molecule has 0 bridgehead atoms. The summed E-state index contributed by atoms with van der Waals surface area (Å²) in [6.45, 7) is 4.66. The zero-order chi connectivity index (χ0) is 17.0. The van der Waals surface area contributed by atoms with Gasteiger partial charge in [0, 0.05) is 6.42 Å². The summed E-state index contributed by atoms with van der Waals surface area (Å²) in [6.07, 6.45) is 19.0. The van der Waals surface area contributed by atoms with E-state index < -0.39 is 0 Å². The third-order valence-electron chi connectivity index (χ3n) is 4.42. The molecule has 0 fully saturated rings. The van der Waals surface area contributed by atoms with Gasteiger partial charge in [0.1, 0.15) is 0 Å². The fraction of sp³-hybridized carbons (Fsp3) is 0.950. The second kappa shape index (κ2) is 19.5. The van der Waals surface area contributed by atoms with Crippen molar-refractivity contribution in [1.82, 2.24) is 5.32 Å². The molecule has 0 saturated carbocycles. The molecule has 0 unspecified atom stereocenters. The summed E-state index contributed by atoms with van der Waals surface area (Å²) < 4.78 is 4.63. The molecule has 0 aromatic carbocycles. The van der Waals surface area contributed by atoms with Crippen molar-refractivity contribution in [1.29, 1.82) is 0 Å². The largest absolute Gasteiger partial charge is 0.469 e. The molecule has 0 radical (unpaired) electrons. The monoisotopic (exact) mass is 327 g/mol. The lowest BCUT2D eigenvalue weighted by molar-refractivity contribution is -0.140. The summed E-state index contributed by atoms with van der Waals surface area (Å²) in [6, 6.07) is 0. The van der Waals surface area contributed by atoms with Crippen molar-refractivity contribution in [3.63, 3.8) is 0 Å². The maximum Gasteiger partial charge on any atom is 0.305 e. The first-order chi connectivity index (χ1) is 11.3. The quantitative estimate of drug-likeness (QED) is 0.262. The summed E-state index contributed by atoms with van der Waals surface area (Å²) in [5.41, 5.74) is 0. The minimum absolute atomic E-state index is 0.0709. The number of unbranched alkanes of at least 4 members (excludes halogenated alkanes) is 12. The number of carbonyl (C=O) groups excluding carboxylic acids is 1. The van der Waals surface area contributed by atoms with E-state index in [1.165, 1.54) is 97.2 Å². The Hall–Kier alpha value is -0.570. The lowest BCUT2D eigenvalue weighted by Gasteiger charge is -2.05. The van der Waals surface area contributed by atoms with Crippen LogP contribution in [0.3, 0.4) is 0 Å². The van der Waals surface area contributed by atoms with Crippen molar-refractivity contribution in [2.75, 3.05) is 20.2 Å². The first-order valence-electron chi connectivity index (χ1n) is 10.1. The molecule has 23 heavy (non-hydrogen) atoms. The van der Waals surface area contributed by atoms with Crippen LogP contribution >= 0.6 is 0 Å². The average Bonchev–Trinajstić information content (AvgIpc) is 2.57. The van der Waals surface area contributed by atoms with E-state index in [1.807, 2.05) is 0 Å². The van der Waals surface area contributed by atoms with Crippen molar-refractivity contribution in [2.45, 2.75) is 103 Å². The van der Waals surface area contributed by atoms with E-state index in [4.69, 9.17) is 0 Å². The topological polar surface area (TPSA) is 38.3 Å². The first kappa shape index (κ1) is 22.4. The number of methoxy groups -OCH3 is 1. The van der Waals surface area contributed by atoms with Gasteiger partial charge in [-0.3, -0.25) is 4.79 Å². The van der Waals surface area contributed by atoms with Gasteiger partial charge in [0.15, 0.2) is 0 Å². The van der Waals surface area contributed by atoms with Gasteiger partial charge in [-0.15, -0.1) is 0 Å². The van der Waals surface area contributed by atoms with Crippen molar-refractivity contribution >= 4 is 5.97 Å². The Balaban J connectivity index is 2.99. The number of esters is 1. The predicted octanol–water partition coefficient (Wildman–Crippen LogP) is 5.62. The Morgan fingerprint density at radius 3 is 1.61 bits per heavy atom. The number of nitrogens with one attached hydrogen (secondary N) is 1. The van der Waals surface area contributed by atoms with Crippen molar-refractivity contribution in [3.8, 4) is 0 Å². The van der Waals surface area contributed by atoms with Gasteiger partial charge in [0.25, 0.3) is 0 Å². The Labute approximate surface area is 144 Å². The van der Waals surface area contributed by atoms with E-state index in [0.29, 0.717) is 6.42 Å². The normalized spacial score (nSPS) is 10.9. The lowest BCUT2D eigenvalue weighted by atomic mass is 10.1. The minimum atomic E-state index is -0.0709. The van der Waals surface area contributed by atoms with Crippen LogP contribution in [0.25, 0.3) is 0 Å². The third-order valence-corrected chi connectivity index (χ3v) is 4.42. The van der Waals surface area contributed by atoms with Crippen LogP contribution in [0.4, 0.5) is 0 Å². The van der Waals surface area contributed by atoms with E-state index in [1.54, 1.807) is 0 Å². The molecule has 0 aliphatic rings. The molecule has 0 aliphatic heterocycles. The van der Waals surface area contributed by atoms with Crippen LogP contribution in [0.1, 0.15) is 103 Å². The standard InChI is InChI=1S/C20H41NO2/c1-3-4-5-6-12-15-18-21-19-16-13-10-8-7-9-11-14-17-20(22)23-2/h21H,3-19H2,1-2H3. The Kier molecular flexibility index (Phi) is 19.0. The number of hydrogen-bond acceptors (Lipinski definition) is 3. The predicted molar refractivity (Wildman–Crippen MR) is 99.8 cm³/mol. The van der Waals surface area contributed by atoms with E-state index >= 15 is 0 Å². The molecule has 0 amide bonds. The highest BCUT2D eigenvalue weighted by atomic mass is 16.5. The Morgan fingerprint density at radius 2 is 1.13 bits per heavy atom. The van der Waals surface area contributed by atoms with Gasteiger partial charge in [-0.05, 0) is 32.4 Å². The molecule has 0 saturated heterocycles. The van der Waals surface area contributed by atoms with Crippen LogP contribution in [0.2, 0.25) is 0 Å². The second-order valence-corrected chi connectivity index (χ2v) is 6.67. The highest BCUT2D eigenvalue weighted by Crippen LogP contribution is 2.10. The van der Waals surface area contributed by atoms with Gasteiger partial charge in [-0.25, -0.2) is 0 Å². The third kappa shape index (κ3) is 19.4. The van der Waals surface area contributed by atoms with E-state index in [9.17, 15) is 4.79 Å². The molecular formula is C20H41NO2. The van der Waals surface area contributed by atoms with Crippen LogP contribution in [-0.2, 0) is 9.53 Å². The fourth-order valence-electron chi connectivity index (χ4n) is 2.84. The molecule has 3 nitrogen and oxygen atoms in total. The molecule has 3 heteroatoms. The summed E-state index contributed by atoms with van der Waals surface area (Å²) in [5, 5.41) is 3.57. The molecule has 0 spiro atoms. The molecular weight excluding hydrogens is 286 g/mol. The number of hydrogen-bond donors (Lipinski definition) is 1. The van der Waals surface area contributed by atoms with Crippen molar-refractivity contribution in [2.24, 2.45) is 0 Å².